The molecular weight excluding hydrogens is 432 g/mol. The van der Waals surface area contributed by atoms with Crippen LogP contribution in [0.3, 0.4) is 0 Å². The van der Waals surface area contributed by atoms with Crippen molar-refractivity contribution in [1.29, 1.82) is 0 Å². The first-order chi connectivity index (χ1) is 13.8. The van der Waals surface area contributed by atoms with Crippen molar-refractivity contribution in [2.75, 3.05) is 23.3 Å². The summed E-state index contributed by atoms with van der Waals surface area (Å²) >= 11 is 3.47. The second-order valence-corrected chi connectivity index (χ2v) is 8.71. The number of anilines is 2. The van der Waals surface area contributed by atoms with Crippen molar-refractivity contribution >= 4 is 44.4 Å². The van der Waals surface area contributed by atoms with E-state index in [-0.39, 0.29) is 11.8 Å². The standard InChI is InChI=1S/C22H25BrN4O2/c1-12-10-17(23)7-8-18(12)26-21(28)16-6-5-9-27(11-16)20-19-13(2)14(3)29-22(19)25-15(4)24-20/h7-8,10,16H,5-6,9,11H2,1-4H3,(H,26,28)/t16-/m0/s1. The fraction of sp³-hybridized carbons (Fsp3) is 0.409. The van der Waals surface area contributed by atoms with E-state index in [1.54, 1.807) is 0 Å². The topological polar surface area (TPSA) is 71.3 Å². The van der Waals surface area contributed by atoms with Crippen molar-refractivity contribution in [3.63, 3.8) is 0 Å². The Labute approximate surface area is 178 Å². The summed E-state index contributed by atoms with van der Waals surface area (Å²) < 4.78 is 6.83. The second kappa shape index (κ2) is 7.78. The number of piperidine rings is 1. The lowest BCUT2D eigenvalue weighted by molar-refractivity contribution is -0.120. The van der Waals surface area contributed by atoms with Gasteiger partial charge in [0, 0.05) is 28.8 Å². The van der Waals surface area contributed by atoms with Gasteiger partial charge in [-0.05, 0) is 64.3 Å². The first-order valence-corrected chi connectivity index (χ1v) is 10.7. The van der Waals surface area contributed by atoms with Crippen LogP contribution in [0, 0.1) is 33.6 Å². The highest BCUT2D eigenvalue weighted by Gasteiger charge is 2.29. The summed E-state index contributed by atoms with van der Waals surface area (Å²) in [5.74, 6) is 2.38. The number of fused-ring (bicyclic) bond motifs is 1. The molecule has 6 nitrogen and oxygen atoms in total. The monoisotopic (exact) mass is 456 g/mol. The molecule has 0 saturated carbocycles. The zero-order chi connectivity index (χ0) is 20.7. The number of aryl methyl sites for hydroxylation is 4. The lowest BCUT2D eigenvalue weighted by atomic mass is 9.96. The first-order valence-electron chi connectivity index (χ1n) is 9.90. The lowest BCUT2D eigenvalue weighted by Gasteiger charge is -2.33. The highest BCUT2D eigenvalue weighted by atomic mass is 79.9. The van der Waals surface area contributed by atoms with Crippen molar-refractivity contribution < 1.29 is 9.21 Å². The molecule has 4 rings (SSSR count). The Balaban J connectivity index is 1.59. The Kier molecular flexibility index (Phi) is 5.34. The van der Waals surface area contributed by atoms with Crippen LogP contribution in [0.15, 0.2) is 27.1 Å². The average Bonchev–Trinajstić information content (AvgIpc) is 2.97. The summed E-state index contributed by atoms with van der Waals surface area (Å²) in [5.41, 5.74) is 3.58. The smallest absolute Gasteiger partial charge is 0.231 e. The fourth-order valence-corrected chi connectivity index (χ4v) is 4.42. The van der Waals surface area contributed by atoms with E-state index in [4.69, 9.17) is 9.40 Å². The van der Waals surface area contributed by atoms with Crippen LogP contribution in [-0.2, 0) is 4.79 Å². The van der Waals surface area contributed by atoms with Crippen LogP contribution in [-0.4, -0.2) is 29.0 Å². The van der Waals surface area contributed by atoms with Gasteiger partial charge in [0.1, 0.15) is 17.4 Å². The number of halogens is 1. The molecule has 0 bridgehead atoms. The number of benzene rings is 1. The SMILES string of the molecule is Cc1nc(N2CCC[C@H](C(=O)Nc3ccc(Br)cc3C)C2)c2c(C)c(C)oc2n1. The van der Waals surface area contributed by atoms with Crippen molar-refractivity contribution in [3.05, 3.63) is 45.4 Å². The molecule has 1 atom stereocenters. The largest absolute Gasteiger partial charge is 0.443 e. The van der Waals surface area contributed by atoms with Gasteiger partial charge in [-0.3, -0.25) is 4.79 Å². The lowest BCUT2D eigenvalue weighted by Crippen LogP contribution is -2.41. The number of rotatable bonds is 3. The molecule has 1 aliphatic rings. The predicted molar refractivity (Wildman–Crippen MR) is 118 cm³/mol. The minimum absolute atomic E-state index is 0.0576. The average molecular weight is 457 g/mol. The van der Waals surface area contributed by atoms with Gasteiger partial charge in [0.15, 0.2) is 0 Å². The van der Waals surface area contributed by atoms with E-state index in [2.05, 4.69) is 31.1 Å². The Bertz CT molecular complexity index is 1090. The molecule has 3 heterocycles. The molecule has 1 aliphatic heterocycles. The van der Waals surface area contributed by atoms with Crippen LogP contribution in [0.1, 0.15) is 35.6 Å². The Morgan fingerprint density at radius 2 is 2.03 bits per heavy atom. The van der Waals surface area contributed by atoms with E-state index in [9.17, 15) is 4.79 Å². The van der Waals surface area contributed by atoms with Gasteiger partial charge in [-0.15, -0.1) is 0 Å². The fourth-order valence-electron chi connectivity index (χ4n) is 3.95. The molecule has 1 amide bonds. The van der Waals surface area contributed by atoms with E-state index in [0.717, 1.165) is 57.6 Å². The van der Waals surface area contributed by atoms with Crippen LogP contribution < -0.4 is 10.2 Å². The normalized spacial score (nSPS) is 17.0. The van der Waals surface area contributed by atoms with Crippen molar-refractivity contribution in [1.82, 2.24) is 9.97 Å². The van der Waals surface area contributed by atoms with Crippen molar-refractivity contribution in [2.45, 2.75) is 40.5 Å². The van der Waals surface area contributed by atoms with Crippen molar-refractivity contribution in [2.24, 2.45) is 5.92 Å². The van der Waals surface area contributed by atoms with Gasteiger partial charge in [-0.2, -0.15) is 4.98 Å². The number of carbonyl (C=O) groups excluding carboxylic acids is 1. The minimum atomic E-state index is -0.0922. The molecule has 152 valence electrons. The maximum Gasteiger partial charge on any atom is 0.231 e. The zero-order valence-electron chi connectivity index (χ0n) is 17.2. The number of nitrogens with one attached hydrogen (secondary N) is 1. The molecule has 0 unspecified atom stereocenters. The molecule has 0 spiro atoms. The first kappa shape index (κ1) is 19.9. The molecule has 1 N–H and O–H groups in total. The summed E-state index contributed by atoms with van der Waals surface area (Å²) in [5, 5.41) is 4.06. The zero-order valence-corrected chi connectivity index (χ0v) is 18.8. The molecule has 3 aromatic rings. The maximum absolute atomic E-state index is 13.0. The quantitative estimate of drug-likeness (QED) is 0.595. The summed E-state index contributed by atoms with van der Waals surface area (Å²) in [6, 6.07) is 5.89. The van der Waals surface area contributed by atoms with E-state index in [0.29, 0.717) is 18.1 Å². The molecule has 2 aromatic heterocycles. The molecule has 29 heavy (non-hydrogen) atoms. The van der Waals surface area contributed by atoms with Crippen LogP contribution >= 0.6 is 15.9 Å². The van der Waals surface area contributed by atoms with Gasteiger partial charge in [-0.25, -0.2) is 4.98 Å². The Hall–Kier alpha value is -2.41. The van der Waals surface area contributed by atoms with Gasteiger partial charge in [0.25, 0.3) is 0 Å². The Morgan fingerprint density at radius 1 is 1.24 bits per heavy atom. The van der Waals surface area contributed by atoms with Crippen LogP contribution in [0.2, 0.25) is 0 Å². The Morgan fingerprint density at radius 3 is 2.79 bits per heavy atom. The van der Waals surface area contributed by atoms with Crippen molar-refractivity contribution in [3.8, 4) is 0 Å². The van der Waals surface area contributed by atoms with Gasteiger partial charge < -0.3 is 14.6 Å². The van der Waals surface area contributed by atoms with Crippen LogP contribution in [0.5, 0.6) is 0 Å². The van der Waals surface area contributed by atoms with Gasteiger partial charge in [0.2, 0.25) is 11.6 Å². The highest BCUT2D eigenvalue weighted by molar-refractivity contribution is 9.10. The number of carbonyl (C=O) groups is 1. The summed E-state index contributed by atoms with van der Waals surface area (Å²) in [6.07, 6.45) is 1.81. The van der Waals surface area contributed by atoms with E-state index < -0.39 is 0 Å². The summed E-state index contributed by atoms with van der Waals surface area (Å²) in [7, 11) is 0. The van der Waals surface area contributed by atoms with Crippen LogP contribution in [0.25, 0.3) is 11.1 Å². The van der Waals surface area contributed by atoms with Gasteiger partial charge in [0.05, 0.1) is 11.3 Å². The third kappa shape index (κ3) is 3.88. The van der Waals surface area contributed by atoms with Crippen LogP contribution in [0.4, 0.5) is 11.5 Å². The molecule has 1 fully saturated rings. The highest BCUT2D eigenvalue weighted by Crippen LogP contribution is 2.33. The number of furan rings is 1. The maximum atomic E-state index is 13.0. The minimum Gasteiger partial charge on any atom is -0.443 e. The third-order valence-corrected chi connectivity index (χ3v) is 6.15. The molecule has 0 aliphatic carbocycles. The van der Waals surface area contributed by atoms with E-state index in [1.807, 2.05) is 45.9 Å². The van der Waals surface area contributed by atoms with Gasteiger partial charge in [-0.1, -0.05) is 15.9 Å². The molecule has 7 heteroatoms. The summed E-state index contributed by atoms with van der Waals surface area (Å²) in [6.45, 7) is 9.36. The number of aromatic nitrogens is 2. The number of hydrogen-bond donors (Lipinski definition) is 1. The summed E-state index contributed by atoms with van der Waals surface area (Å²) in [4.78, 5) is 24.4. The van der Waals surface area contributed by atoms with Gasteiger partial charge >= 0.3 is 0 Å². The third-order valence-electron chi connectivity index (χ3n) is 5.66. The predicted octanol–water partition coefficient (Wildman–Crippen LogP) is 5.07. The number of nitrogens with zero attached hydrogens (tertiary/aromatic N) is 3. The molecule has 0 radical (unpaired) electrons. The number of amides is 1. The molecular formula is C22H25BrN4O2. The molecule has 1 saturated heterocycles. The molecule has 1 aromatic carbocycles. The second-order valence-electron chi connectivity index (χ2n) is 7.79. The number of hydrogen-bond acceptors (Lipinski definition) is 5. The van der Waals surface area contributed by atoms with E-state index in [1.165, 1.54) is 0 Å². The van der Waals surface area contributed by atoms with E-state index >= 15 is 0 Å².